The zero-order valence-corrected chi connectivity index (χ0v) is 19.2. The first-order chi connectivity index (χ1) is 16.0. The number of carbonyl (C=O) groups excluding carboxylic acids is 3. The predicted octanol–water partition coefficient (Wildman–Crippen LogP) is 3.80. The van der Waals surface area contributed by atoms with E-state index in [1.54, 1.807) is 42.4 Å². The third kappa shape index (κ3) is 5.27. The fraction of sp³-hybridized carbons (Fsp3) is 0.417. The molecule has 0 radical (unpaired) electrons. The largest absolute Gasteiger partial charge is 0.467 e. The van der Waals surface area contributed by atoms with Crippen molar-refractivity contribution in [2.75, 3.05) is 19.7 Å². The van der Waals surface area contributed by atoms with Gasteiger partial charge in [0.1, 0.15) is 11.8 Å². The van der Waals surface area contributed by atoms with Crippen molar-refractivity contribution in [3.8, 4) is 0 Å². The van der Waals surface area contributed by atoms with Gasteiger partial charge in [0, 0.05) is 31.0 Å². The molecule has 2 aromatic rings. The van der Waals surface area contributed by atoms with E-state index in [2.05, 4.69) is 5.10 Å². The van der Waals surface area contributed by atoms with Crippen LogP contribution < -0.4 is 0 Å². The summed E-state index contributed by atoms with van der Waals surface area (Å²) in [5, 5.41) is 6.45. The van der Waals surface area contributed by atoms with Gasteiger partial charge in [0.25, 0.3) is 5.91 Å². The summed E-state index contributed by atoms with van der Waals surface area (Å²) >= 11 is 5.99. The lowest BCUT2D eigenvalue weighted by Crippen LogP contribution is -2.43. The van der Waals surface area contributed by atoms with E-state index < -0.39 is 30.4 Å². The Labute approximate surface area is 197 Å². The topological polar surface area (TPSA) is 92.4 Å². The van der Waals surface area contributed by atoms with Crippen molar-refractivity contribution < 1.29 is 23.5 Å². The highest BCUT2D eigenvalue weighted by atomic mass is 35.5. The Bertz CT molecular complexity index is 1030. The standard InChI is InChI=1S/C24H26ClN3O5/c1-2-22(29)27-11-3-5-17(14-27)24(31)33-15-23(30)28-20(21-6-4-12-32-21)13-19(26-28)16-7-9-18(25)10-8-16/h4,6-10,12,17,20H,2-3,5,11,13-15H2,1H3. The number of ether oxygens (including phenoxy) is 1. The molecule has 4 rings (SSSR count). The molecule has 2 amide bonds. The van der Waals surface area contributed by atoms with Gasteiger partial charge in [-0.1, -0.05) is 30.7 Å². The highest BCUT2D eigenvalue weighted by Gasteiger charge is 2.36. The summed E-state index contributed by atoms with van der Waals surface area (Å²) in [5.41, 5.74) is 1.57. The molecule has 1 fully saturated rings. The Kier molecular flexibility index (Phi) is 7.13. The molecule has 0 bridgehead atoms. The Morgan fingerprint density at radius 1 is 1.18 bits per heavy atom. The van der Waals surface area contributed by atoms with Gasteiger partial charge < -0.3 is 14.1 Å². The van der Waals surface area contributed by atoms with Crippen LogP contribution >= 0.6 is 11.6 Å². The first-order valence-electron chi connectivity index (χ1n) is 11.1. The summed E-state index contributed by atoms with van der Waals surface area (Å²) in [6, 6.07) is 10.4. The summed E-state index contributed by atoms with van der Waals surface area (Å²) in [6.07, 6.45) is 3.78. The van der Waals surface area contributed by atoms with Crippen molar-refractivity contribution in [1.29, 1.82) is 0 Å². The number of carbonyl (C=O) groups is 3. The van der Waals surface area contributed by atoms with Crippen molar-refractivity contribution in [2.45, 2.75) is 38.6 Å². The summed E-state index contributed by atoms with van der Waals surface area (Å²) < 4.78 is 10.9. The van der Waals surface area contributed by atoms with Crippen molar-refractivity contribution >= 4 is 35.1 Å². The molecule has 0 N–H and O–H groups in total. The average molecular weight is 472 g/mol. The van der Waals surface area contributed by atoms with Crippen LogP contribution in [0.4, 0.5) is 0 Å². The molecule has 2 atom stereocenters. The van der Waals surface area contributed by atoms with Crippen LogP contribution in [0, 0.1) is 5.92 Å². The van der Waals surface area contributed by atoms with E-state index in [1.165, 1.54) is 5.01 Å². The van der Waals surface area contributed by atoms with Crippen LogP contribution in [-0.2, 0) is 19.1 Å². The molecular weight excluding hydrogens is 446 g/mol. The molecule has 2 aliphatic rings. The maximum atomic E-state index is 13.0. The second kappa shape index (κ2) is 10.2. The third-order valence-electron chi connectivity index (χ3n) is 5.96. The van der Waals surface area contributed by atoms with E-state index in [4.69, 9.17) is 20.8 Å². The van der Waals surface area contributed by atoms with Gasteiger partial charge in [-0.3, -0.25) is 14.4 Å². The van der Waals surface area contributed by atoms with E-state index >= 15 is 0 Å². The number of amides is 2. The first-order valence-corrected chi connectivity index (χ1v) is 11.5. The zero-order valence-electron chi connectivity index (χ0n) is 18.4. The number of hydrogen-bond acceptors (Lipinski definition) is 6. The summed E-state index contributed by atoms with van der Waals surface area (Å²) in [4.78, 5) is 39.3. The molecule has 0 spiro atoms. The summed E-state index contributed by atoms with van der Waals surface area (Å²) in [5.74, 6) is -0.706. The molecule has 8 nitrogen and oxygen atoms in total. The van der Waals surface area contributed by atoms with Crippen molar-refractivity contribution in [3.63, 3.8) is 0 Å². The highest BCUT2D eigenvalue weighted by Crippen LogP contribution is 2.33. The number of benzene rings is 1. The molecule has 3 heterocycles. The molecular formula is C24H26ClN3O5. The maximum absolute atomic E-state index is 13.0. The number of hydrazone groups is 1. The minimum atomic E-state index is -0.465. The van der Waals surface area contributed by atoms with Gasteiger partial charge in [-0.2, -0.15) is 5.10 Å². The van der Waals surface area contributed by atoms with Crippen LogP contribution in [0.2, 0.25) is 5.02 Å². The van der Waals surface area contributed by atoms with Crippen LogP contribution in [0.1, 0.15) is 50.0 Å². The Hall–Kier alpha value is -3.13. The number of piperidine rings is 1. The molecule has 1 aromatic carbocycles. The normalized spacial score (nSPS) is 20.5. The lowest BCUT2D eigenvalue weighted by molar-refractivity contribution is -0.158. The first kappa shape index (κ1) is 23.0. The van der Waals surface area contributed by atoms with Gasteiger partial charge in [-0.25, -0.2) is 5.01 Å². The third-order valence-corrected chi connectivity index (χ3v) is 6.21. The molecule has 1 aromatic heterocycles. The molecule has 33 heavy (non-hydrogen) atoms. The van der Waals surface area contributed by atoms with Crippen LogP contribution in [0.5, 0.6) is 0 Å². The van der Waals surface area contributed by atoms with Crippen molar-refractivity contribution in [3.05, 3.63) is 59.0 Å². The van der Waals surface area contributed by atoms with Crippen LogP contribution in [0.15, 0.2) is 52.2 Å². The lowest BCUT2D eigenvalue weighted by atomic mass is 9.98. The van der Waals surface area contributed by atoms with Crippen LogP contribution in [-0.4, -0.2) is 53.1 Å². The van der Waals surface area contributed by atoms with Gasteiger partial charge in [-0.15, -0.1) is 0 Å². The Morgan fingerprint density at radius 2 is 1.97 bits per heavy atom. The number of likely N-dealkylation sites (tertiary alicyclic amines) is 1. The minimum Gasteiger partial charge on any atom is -0.467 e. The molecule has 0 aliphatic carbocycles. The van der Waals surface area contributed by atoms with Gasteiger partial charge in [-0.05, 0) is 42.7 Å². The van der Waals surface area contributed by atoms with E-state index in [9.17, 15) is 14.4 Å². The molecule has 0 saturated carbocycles. The number of furan rings is 1. The van der Waals surface area contributed by atoms with Crippen LogP contribution in [0.25, 0.3) is 0 Å². The van der Waals surface area contributed by atoms with Gasteiger partial charge in [0.2, 0.25) is 5.91 Å². The summed E-state index contributed by atoms with van der Waals surface area (Å²) in [6.45, 7) is 2.35. The number of hydrogen-bond donors (Lipinski definition) is 0. The van der Waals surface area contributed by atoms with Crippen molar-refractivity contribution in [1.82, 2.24) is 9.91 Å². The van der Waals surface area contributed by atoms with Crippen LogP contribution in [0.3, 0.4) is 0 Å². The second-order valence-corrected chi connectivity index (χ2v) is 8.60. The van der Waals surface area contributed by atoms with E-state index in [1.807, 2.05) is 12.1 Å². The lowest BCUT2D eigenvalue weighted by Gasteiger charge is -2.31. The quantitative estimate of drug-likeness (QED) is 0.597. The van der Waals surface area contributed by atoms with E-state index in [0.717, 1.165) is 12.0 Å². The van der Waals surface area contributed by atoms with Gasteiger partial charge >= 0.3 is 5.97 Å². The number of esters is 1. The Morgan fingerprint density at radius 3 is 2.67 bits per heavy atom. The fourth-order valence-electron chi connectivity index (χ4n) is 4.20. The minimum absolute atomic E-state index is 0.0194. The second-order valence-electron chi connectivity index (χ2n) is 8.17. The number of rotatable bonds is 6. The molecule has 1 saturated heterocycles. The molecule has 2 unspecified atom stereocenters. The number of halogens is 1. The predicted molar refractivity (Wildman–Crippen MR) is 121 cm³/mol. The smallest absolute Gasteiger partial charge is 0.311 e. The van der Waals surface area contributed by atoms with E-state index in [-0.39, 0.29) is 5.91 Å². The number of nitrogens with zero attached hydrogens (tertiary/aromatic N) is 3. The zero-order chi connectivity index (χ0) is 23.4. The van der Waals surface area contributed by atoms with Gasteiger partial charge in [0.15, 0.2) is 6.61 Å². The SMILES string of the molecule is CCC(=O)N1CCCC(C(=O)OCC(=O)N2N=C(c3ccc(Cl)cc3)CC2c2ccco2)C1. The highest BCUT2D eigenvalue weighted by molar-refractivity contribution is 6.30. The van der Waals surface area contributed by atoms with E-state index in [0.29, 0.717) is 48.8 Å². The monoisotopic (exact) mass is 471 g/mol. The van der Waals surface area contributed by atoms with Gasteiger partial charge in [0.05, 0.1) is 17.9 Å². The average Bonchev–Trinajstić information content (AvgIpc) is 3.52. The maximum Gasteiger partial charge on any atom is 0.311 e. The summed E-state index contributed by atoms with van der Waals surface area (Å²) in [7, 11) is 0. The Balaban J connectivity index is 1.43. The molecule has 2 aliphatic heterocycles. The molecule has 174 valence electrons. The molecule has 9 heteroatoms. The fourth-order valence-corrected chi connectivity index (χ4v) is 4.32. The van der Waals surface area contributed by atoms with Crippen molar-refractivity contribution in [2.24, 2.45) is 11.0 Å².